The van der Waals surface area contributed by atoms with Crippen molar-refractivity contribution in [1.82, 2.24) is 5.32 Å². The van der Waals surface area contributed by atoms with Crippen molar-refractivity contribution in [3.8, 4) is 0 Å². The molecule has 4 heteroatoms. The van der Waals surface area contributed by atoms with Gasteiger partial charge in [-0.15, -0.1) is 0 Å². The molecule has 0 aliphatic heterocycles. The smallest absolute Gasteiger partial charge is 0.251 e. The number of hydrogen-bond acceptors (Lipinski definition) is 2. The molecule has 0 saturated heterocycles. The number of benzene rings is 1. The summed E-state index contributed by atoms with van der Waals surface area (Å²) in [6.07, 6.45) is 1.95. The van der Waals surface area contributed by atoms with E-state index in [1.807, 2.05) is 6.92 Å². The summed E-state index contributed by atoms with van der Waals surface area (Å²) in [6.45, 7) is 4.02. The van der Waals surface area contributed by atoms with Crippen molar-refractivity contribution >= 4 is 11.8 Å². The van der Waals surface area contributed by atoms with E-state index in [2.05, 4.69) is 12.2 Å². The molecule has 0 heterocycles. The second kappa shape index (κ2) is 6.03. The Hall–Kier alpha value is -1.84. The molecule has 4 nitrogen and oxygen atoms in total. The first-order valence-electron chi connectivity index (χ1n) is 5.75. The molecule has 0 aliphatic rings. The van der Waals surface area contributed by atoms with Crippen LogP contribution in [0.5, 0.6) is 0 Å². The van der Waals surface area contributed by atoms with Crippen LogP contribution in [0.1, 0.15) is 47.4 Å². The molecule has 17 heavy (non-hydrogen) atoms. The van der Waals surface area contributed by atoms with Crippen LogP contribution in [0.4, 0.5) is 0 Å². The van der Waals surface area contributed by atoms with E-state index in [0.717, 1.165) is 12.8 Å². The molecule has 0 radical (unpaired) electrons. The van der Waals surface area contributed by atoms with Gasteiger partial charge in [-0.3, -0.25) is 9.59 Å². The highest BCUT2D eigenvalue weighted by Crippen LogP contribution is 2.06. The van der Waals surface area contributed by atoms with Crippen LogP contribution in [0, 0.1) is 0 Å². The Kier molecular flexibility index (Phi) is 4.69. The zero-order valence-corrected chi connectivity index (χ0v) is 10.2. The number of amides is 2. The summed E-state index contributed by atoms with van der Waals surface area (Å²) in [7, 11) is 0. The summed E-state index contributed by atoms with van der Waals surface area (Å²) in [4.78, 5) is 22.8. The molecule has 1 aromatic rings. The van der Waals surface area contributed by atoms with Gasteiger partial charge in [-0.2, -0.15) is 0 Å². The van der Waals surface area contributed by atoms with Crippen molar-refractivity contribution in [1.29, 1.82) is 0 Å². The highest BCUT2D eigenvalue weighted by molar-refractivity contribution is 5.99. The van der Waals surface area contributed by atoms with E-state index in [4.69, 9.17) is 5.73 Å². The molecule has 1 unspecified atom stereocenters. The molecule has 3 N–H and O–H groups in total. The fourth-order valence-electron chi connectivity index (χ4n) is 1.63. The maximum atomic E-state index is 11.8. The van der Waals surface area contributed by atoms with Crippen molar-refractivity contribution in [3.05, 3.63) is 35.4 Å². The summed E-state index contributed by atoms with van der Waals surface area (Å²) in [5.74, 6) is -0.699. The SMILES string of the molecule is CCCC(C)NC(=O)c1cccc(C(N)=O)c1. The van der Waals surface area contributed by atoms with Crippen LogP contribution in [-0.4, -0.2) is 17.9 Å². The summed E-state index contributed by atoms with van der Waals surface area (Å²) in [5.41, 5.74) is 5.97. The van der Waals surface area contributed by atoms with Gasteiger partial charge >= 0.3 is 0 Å². The molecule has 0 aromatic heterocycles. The predicted octanol–water partition coefficient (Wildman–Crippen LogP) is 1.70. The molecule has 1 aromatic carbocycles. The van der Waals surface area contributed by atoms with E-state index in [1.54, 1.807) is 18.2 Å². The van der Waals surface area contributed by atoms with Gasteiger partial charge < -0.3 is 11.1 Å². The second-order valence-corrected chi connectivity index (χ2v) is 4.11. The molecule has 2 amide bonds. The average molecular weight is 234 g/mol. The number of rotatable bonds is 5. The zero-order chi connectivity index (χ0) is 12.8. The lowest BCUT2D eigenvalue weighted by molar-refractivity contribution is 0.0938. The zero-order valence-electron chi connectivity index (χ0n) is 10.2. The lowest BCUT2D eigenvalue weighted by Gasteiger charge is -2.12. The lowest BCUT2D eigenvalue weighted by atomic mass is 10.1. The minimum Gasteiger partial charge on any atom is -0.366 e. The molecule has 0 saturated carbocycles. The summed E-state index contributed by atoms with van der Waals surface area (Å²) < 4.78 is 0. The molecular weight excluding hydrogens is 216 g/mol. The van der Waals surface area contributed by atoms with Crippen molar-refractivity contribution in [2.75, 3.05) is 0 Å². The second-order valence-electron chi connectivity index (χ2n) is 4.11. The number of carbonyl (C=O) groups excluding carboxylic acids is 2. The first-order valence-corrected chi connectivity index (χ1v) is 5.75. The maximum absolute atomic E-state index is 11.8. The van der Waals surface area contributed by atoms with Gasteiger partial charge in [0.2, 0.25) is 5.91 Å². The van der Waals surface area contributed by atoms with Crippen molar-refractivity contribution in [3.63, 3.8) is 0 Å². The molecule has 1 atom stereocenters. The number of primary amides is 1. The Morgan fingerprint density at radius 3 is 2.59 bits per heavy atom. The molecule has 0 bridgehead atoms. The number of carbonyl (C=O) groups is 2. The van der Waals surface area contributed by atoms with E-state index in [0.29, 0.717) is 11.1 Å². The quantitative estimate of drug-likeness (QED) is 0.814. The monoisotopic (exact) mass is 234 g/mol. The van der Waals surface area contributed by atoms with Crippen LogP contribution in [0.3, 0.4) is 0 Å². The van der Waals surface area contributed by atoms with E-state index in [9.17, 15) is 9.59 Å². The largest absolute Gasteiger partial charge is 0.366 e. The normalized spacial score (nSPS) is 11.9. The topological polar surface area (TPSA) is 72.2 Å². The van der Waals surface area contributed by atoms with E-state index in [-0.39, 0.29) is 11.9 Å². The molecule has 1 rings (SSSR count). The Morgan fingerprint density at radius 1 is 1.35 bits per heavy atom. The maximum Gasteiger partial charge on any atom is 0.251 e. The van der Waals surface area contributed by atoms with Gasteiger partial charge in [-0.25, -0.2) is 0 Å². The van der Waals surface area contributed by atoms with Gasteiger partial charge in [-0.1, -0.05) is 19.4 Å². The summed E-state index contributed by atoms with van der Waals surface area (Å²) in [5, 5.41) is 2.87. The number of hydrogen-bond donors (Lipinski definition) is 2. The Bertz CT molecular complexity index is 416. The van der Waals surface area contributed by atoms with Crippen LogP contribution >= 0.6 is 0 Å². The highest BCUT2D eigenvalue weighted by atomic mass is 16.2. The van der Waals surface area contributed by atoms with Gasteiger partial charge in [0, 0.05) is 17.2 Å². The van der Waals surface area contributed by atoms with Crippen LogP contribution in [0.2, 0.25) is 0 Å². The van der Waals surface area contributed by atoms with Crippen molar-refractivity contribution in [2.45, 2.75) is 32.7 Å². The third-order valence-corrected chi connectivity index (χ3v) is 2.51. The fraction of sp³-hybridized carbons (Fsp3) is 0.385. The van der Waals surface area contributed by atoms with Crippen LogP contribution < -0.4 is 11.1 Å². The number of nitrogens with one attached hydrogen (secondary N) is 1. The van der Waals surface area contributed by atoms with Gasteiger partial charge in [0.15, 0.2) is 0 Å². The summed E-state index contributed by atoms with van der Waals surface area (Å²) in [6, 6.07) is 6.55. The first kappa shape index (κ1) is 13.2. The van der Waals surface area contributed by atoms with Gasteiger partial charge in [0.25, 0.3) is 5.91 Å². The highest BCUT2D eigenvalue weighted by Gasteiger charge is 2.10. The van der Waals surface area contributed by atoms with E-state index >= 15 is 0 Å². The third kappa shape index (κ3) is 3.90. The molecule has 0 spiro atoms. The van der Waals surface area contributed by atoms with Gasteiger partial charge in [-0.05, 0) is 31.5 Å². The molecule has 92 valence electrons. The Balaban J connectivity index is 2.75. The Labute approximate surface area is 101 Å². The van der Waals surface area contributed by atoms with Crippen LogP contribution in [0.25, 0.3) is 0 Å². The minimum atomic E-state index is -0.527. The van der Waals surface area contributed by atoms with E-state index < -0.39 is 5.91 Å². The minimum absolute atomic E-state index is 0.129. The standard InChI is InChI=1S/C13H18N2O2/c1-3-5-9(2)15-13(17)11-7-4-6-10(8-11)12(14)16/h4,6-9H,3,5H2,1-2H3,(H2,14,16)(H,15,17). The molecule has 0 aliphatic carbocycles. The van der Waals surface area contributed by atoms with Crippen LogP contribution in [-0.2, 0) is 0 Å². The lowest BCUT2D eigenvalue weighted by Crippen LogP contribution is -2.32. The molecular formula is C13H18N2O2. The fourth-order valence-corrected chi connectivity index (χ4v) is 1.63. The van der Waals surface area contributed by atoms with Gasteiger partial charge in [0.05, 0.1) is 0 Å². The predicted molar refractivity (Wildman–Crippen MR) is 66.8 cm³/mol. The average Bonchev–Trinajstić information content (AvgIpc) is 2.29. The number of nitrogens with two attached hydrogens (primary N) is 1. The van der Waals surface area contributed by atoms with Crippen molar-refractivity contribution in [2.24, 2.45) is 5.73 Å². The van der Waals surface area contributed by atoms with Crippen LogP contribution in [0.15, 0.2) is 24.3 Å². The van der Waals surface area contributed by atoms with Crippen molar-refractivity contribution < 1.29 is 9.59 Å². The third-order valence-electron chi connectivity index (χ3n) is 2.51. The van der Waals surface area contributed by atoms with E-state index in [1.165, 1.54) is 6.07 Å². The molecule has 0 fully saturated rings. The Morgan fingerprint density at radius 2 is 2.00 bits per heavy atom. The van der Waals surface area contributed by atoms with Gasteiger partial charge in [0.1, 0.15) is 0 Å². The first-order chi connectivity index (χ1) is 8.04. The summed E-state index contributed by atoms with van der Waals surface area (Å²) >= 11 is 0.